The number of benzene rings is 3. The first-order valence-corrected chi connectivity index (χ1v) is 16.4. The molecule has 5 nitrogen and oxygen atoms in total. The predicted molar refractivity (Wildman–Crippen MR) is 153 cm³/mol. The average Bonchev–Trinajstić information content (AvgIpc) is 3.37. The quantitative estimate of drug-likeness (QED) is 0.311. The Labute approximate surface area is 223 Å². The summed E-state index contributed by atoms with van der Waals surface area (Å²) in [6.45, 7) is 11.0. The molecule has 0 aromatic heterocycles. The molecule has 1 aliphatic heterocycles. The molecule has 0 unspecified atom stereocenters. The van der Waals surface area contributed by atoms with Gasteiger partial charge in [-0.1, -0.05) is 36.4 Å². The summed E-state index contributed by atoms with van der Waals surface area (Å²) in [5.74, 6) is 2.63. The summed E-state index contributed by atoms with van der Waals surface area (Å²) in [6, 6.07) is 21.6. The molecule has 0 amide bonds. The molecule has 0 saturated carbocycles. The first kappa shape index (κ1) is 27.2. The van der Waals surface area contributed by atoms with Gasteiger partial charge in [-0.25, -0.2) is 0 Å². The molecule has 0 radical (unpaired) electrons. The van der Waals surface area contributed by atoms with Crippen LogP contribution in [0.3, 0.4) is 0 Å². The van der Waals surface area contributed by atoms with Crippen LogP contribution in [0, 0.1) is 13.8 Å². The SMILES string of the molecule is COc1ccc(C(O[Si](C)(C)C)(c2ccc(OC)cc2)[C@@H]2CC[C@@H](c3cc(C)c(OC)c(C)c3)N2)cc1. The molecule has 1 saturated heterocycles. The molecule has 3 aromatic carbocycles. The molecule has 1 N–H and O–H groups in total. The maximum atomic E-state index is 7.27. The summed E-state index contributed by atoms with van der Waals surface area (Å²) < 4.78 is 23.9. The van der Waals surface area contributed by atoms with Gasteiger partial charge in [0, 0.05) is 12.1 Å². The molecule has 0 bridgehead atoms. The van der Waals surface area contributed by atoms with Crippen LogP contribution in [-0.2, 0) is 10.0 Å². The first-order chi connectivity index (χ1) is 17.6. The lowest BCUT2D eigenvalue weighted by Gasteiger charge is -2.45. The van der Waals surface area contributed by atoms with Gasteiger partial charge in [0.05, 0.1) is 21.3 Å². The third-order valence-electron chi connectivity index (χ3n) is 7.23. The van der Waals surface area contributed by atoms with Gasteiger partial charge in [-0.15, -0.1) is 0 Å². The van der Waals surface area contributed by atoms with Crippen molar-refractivity contribution >= 4 is 8.32 Å². The highest BCUT2D eigenvalue weighted by molar-refractivity contribution is 6.69. The van der Waals surface area contributed by atoms with Gasteiger partial charge in [-0.2, -0.15) is 0 Å². The van der Waals surface area contributed by atoms with Crippen LogP contribution in [0.25, 0.3) is 0 Å². The highest BCUT2D eigenvalue weighted by atomic mass is 28.4. The maximum Gasteiger partial charge on any atom is 0.185 e. The minimum Gasteiger partial charge on any atom is -0.497 e. The van der Waals surface area contributed by atoms with E-state index in [1.54, 1.807) is 21.3 Å². The molecule has 4 rings (SSSR count). The molecular weight excluding hydrogens is 478 g/mol. The number of nitrogens with one attached hydrogen (secondary N) is 1. The van der Waals surface area contributed by atoms with E-state index in [1.807, 2.05) is 24.3 Å². The van der Waals surface area contributed by atoms with E-state index < -0.39 is 13.9 Å². The molecule has 1 fully saturated rings. The normalized spacial score (nSPS) is 18.1. The van der Waals surface area contributed by atoms with Crippen molar-refractivity contribution in [2.45, 2.75) is 64.0 Å². The number of methoxy groups -OCH3 is 3. The van der Waals surface area contributed by atoms with Gasteiger partial charge >= 0.3 is 0 Å². The second-order valence-corrected chi connectivity index (χ2v) is 15.4. The first-order valence-electron chi connectivity index (χ1n) is 13.0. The number of rotatable bonds is 9. The van der Waals surface area contributed by atoms with E-state index in [4.69, 9.17) is 18.6 Å². The summed E-state index contributed by atoms with van der Waals surface area (Å²) in [7, 11) is 3.12. The van der Waals surface area contributed by atoms with Crippen LogP contribution in [-0.4, -0.2) is 35.7 Å². The zero-order chi connectivity index (χ0) is 26.8. The molecule has 1 heterocycles. The Morgan fingerprint density at radius 2 is 1.22 bits per heavy atom. The van der Waals surface area contributed by atoms with Crippen molar-refractivity contribution in [1.82, 2.24) is 5.32 Å². The van der Waals surface area contributed by atoms with Crippen molar-refractivity contribution in [2.24, 2.45) is 0 Å². The molecule has 0 aliphatic carbocycles. The zero-order valence-corrected chi connectivity index (χ0v) is 24.5. The number of hydrogen-bond acceptors (Lipinski definition) is 5. The van der Waals surface area contributed by atoms with Gasteiger partial charge in [0.15, 0.2) is 8.32 Å². The number of aryl methyl sites for hydroxylation is 2. The lowest BCUT2D eigenvalue weighted by atomic mass is 9.79. The number of hydrogen-bond donors (Lipinski definition) is 1. The third-order valence-corrected chi connectivity index (χ3v) is 8.17. The van der Waals surface area contributed by atoms with E-state index in [0.717, 1.165) is 52.3 Å². The van der Waals surface area contributed by atoms with Gasteiger partial charge in [0.1, 0.15) is 22.8 Å². The molecule has 2 atom stereocenters. The van der Waals surface area contributed by atoms with Gasteiger partial charge in [0.25, 0.3) is 0 Å². The van der Waals surface area contributed by atoms with Crippen molar-refractivity contribution in [3.63, 3.8) is 0 Å². The lowest BCUT2D eigenvalue weighted by molar-refractivity contribution is 0.0620. The Morgan fingerprint density at radius 3 is 1.62 bits per heavy atom. The van der Waals surface area contributed by atoms with E-state index in [2.05, 4.69) is 75.2 Å². The van der Waals surface area contributed by atoms with Gasteiger partial charge in [-0.05, 0) is 98.4 Å². The topological polar surface area (TPSA) is 49.0 Å². The molecule has 1 aliphatic rings. The van der Waals surface area contributed by atoms with Crippen molar-refractivity contribution in [2.75, 3.05) is 21.3 Å². The van der Waals surface area contributed by atoms with Crippen LogP contribution < -0.4 is 19.5 Å². The van der Waals surface area contributed by atoms with Crippen LogP contribution in [0.5, 0.6) is 17.2 Å². The van der Waals surface area contributed by atoms with Crippen molar-refractivity contribution in [1.29, 1.82) is 0 Å². The molecule has 198 valence electrons. The Balaban J connectivity index is 1.83. The summed E-state index contributed by atoms with van der Waals surface area (Å²) in [5, 5.41) is 4.01. The van der Waals surface area contributed by atoms with E-state index in [1.165, 1.54) is 5.56 Å². The van der Waals surface area contributed by atoms with Gasteiger partial charge in [0.2, 0.25) is 0 Å². The lowest BCUT2D eigenvalue weighted by Crippen LogP contribution is -2.53. The predicted octanol–water partition coefficient (Wildman–Crippen LogP) is 6.92. The largest absolute Gasteiger partial charge is 0.497 e. The minimum atomic E-state index is -2.02. The fourth-order valence-corrected chi connectivity index (χ4v) is 7.10. The smallest absolute Gasteiger partial charge is 0.185 e. The van der Waals surface area contributed by atoms with E-state index in [9.17, 15) is 0 Å². The second-order valence-electron chi connectivity index (χ2n) is 10.9. The zero-order valence-electron chi connectivity index (χ0n) is 23.5. The van der Waals surface area contributed by atoms with E-state index in [0.29, 0.717) is 0 Å². The molecule has 3 aromatic rings. The summed E-state index contributed by atoms with van der Waals surface area (Å²) in [5.41, 5.74) is 5.22. The van der Waals surface area contributed by atoms with Crippen LogP contribution in [0.4, 0.5) is 0 Å². The van der Waals surface area contributed by atoms with Gasteiger partial charge in [-0.3, -0.25) is 0 Å². The van der Waals surface area contributed by atoms with Gasteiger partial charge < -0.3 is 24.0 Å². The highest BCUT2D eigenvalue weighted by Gasteiger charge is 2.49. The highest BCUT2D eigenvalue weighted by Crippen LogP contribution is 2.46. The van der Waals surface area contributed by atoms with Crippen LogP contribution >= 0.6 is 0 Å². The standard InChI is InChI=1S/C31H41NO4Si/c1-21-19-23(20-22(2)30(21)35-5)28-17-18-29(32-28)31(36-37(6,7)8,24-9-13-26(33-3)14-10-24)25-11-15-27(34-4)16-12-25/h9-16,19-20,28-29,32H,17-18H2,1-8H3/t28-,29-/m0/s1. The fourth-order valence-electron chi connectivity index (χ4n) is 5.75. The molecular formula is C31H41NO4Si. The monoisotopic (exact) mass is 519 g/mol. The number of ether oxygens (including phenoxy) is 3. The van der Waals surface area contributed by atoms with Crippen LogP contribution in [0.15, 0.2) is 60.7 Å². The fraction of sp³-hybridized carbons (Fsp3) is 0.419. The molecule has 0 spiro atoms. The molecule has 37 heavy (non-hydrogen) atoms. The van der Waals surface area contributed by atoms with E-state index in [-0.39, 0.29) is 12.1 Å². The second kappa shape index (κ2) is 10.9. The Kier molecular flexibility index (Phi) is 8.02. The maximum absolute atomic E-state index is 7.27. The summed E-state index contributed by atoms with van der Waals surface area (Å²) in [6.07, 6.45) is 2.01. The van der Waals surface area contributed by atoms with Crippen molar-refractivity contribution in [3.05, 3.63) is 88.5 Å². The van der Waals surface area contributed by atoms with Crippen LogP contribution in [0.2, 0.25) is 19.6 Å². The van der Waals surface area contributed by atoms with Crippen molar-refractivity contribution in [3.8, 4) is 17.2 Å². The average molecular weight is 520 g/mol. The Bertz CT molecular complexity index is 1130. The summed E-state index contributed by atoms with van der Waals surface area (Å²) in [4.78, 5) is 0. The minimum absolute atomic E-state index is 0.0775. The third kappa shape index (κ3) is 5.56. The molecule has 6 heteroatoms. The Morgan fingerprint density at radius 1 is 0.730 bits per heavy atom. The Hall–Kier alpha value is -2.80. The van der Waals surface area contributed by atoms with Crippen LogP contribution in [0.1, 0.15) is 46.7 Å². The van der Waals surface area contributed by atoms with E-state index >= 15 is 0 Å². The summed E-state index contributed by atoms with van der Waals surface area (Å²) >= 11 is 0. The van der Waals surface area contributed by atoms with Crippen molar-refractivity contribution < 1.29 is 18.6 Å².